The highest BCUT2D eigenvalue weighted by molar-refractivity contribution is 9.10. The first kappa shape index (κ1) is 20.7. The molecule has 1 aliphatic heterocycles. The summed E-state index contributed by atoms with van der Waals surface area (Å²) in [7, 11) is 1.66. The third-order valence-electron chi connectivity index (χ3n) is 5.61. The zero-order valence-corrected chi connectivity index (χ0v) is 19.3. The van der Waals surface area contributed by atoms with Crippen molar-refractivity contribution in [1.82, 2.24) is 24.8 Å². The van der Waals surface area contributed by atoms with Gasteiger partial charge in [0.2, 0.25) is 0 Å². The maximum absolute atomic E-state index is 5.67. The van der Waals surface area contributed by atoms with Crippen molar-refractivity contribution in [3.8, 4) is 28.4 Å². The van der Waals surface area contributed by atoms with Crippen molar-refractivity contribution in [2.45, 2.75) is 19.5 Å². The molecule has 0 unspecified atom stereocenters. The van der Waals surface area contributed by atoms with Gasteiger partial charge in [-0.05, 0) is 33.6 Å². The largest absolute Gasteiger partial charge is 0.496 e. The Kier molecular flexibility index (Phi) is 5.92. The SMILES string of the molecule is COc1cc(-c2cncc(Br)n2)ccc1-c1ncc2c(n1)CCN(Cc1ccccc1)C2. The molecule has 4 aromatic rings. The van der Waals surface area contributed by atoms with E-state index in [0.29, 0.717) is 16.2 Å². The second-order valence-electron chi connectivity index (χ2n) is 7.75. The molecule has 0 aliphatic carbocycles. The lowest BCUT2D eigenvalue weighted by molar-refractivity contribution is 0.243. The van der Waals surface area contributed by atoms with E-state index in [1.165, 1.54) is 11.1 Å². The summed E-state index contributed by atoms with van der Waals surface area (Å²) in [6, 6.07) is 16.5. The molecule has 0 fully saturated rings. The fourth-order valence-corrected chi connectivity index (χ4v) is 4.31. The normalized spacial score (nSPS) is 13.6. The number of aromatic nitrogens is 4. The Balaban J connectivity index is 1.39. The van der Waals surface area contributed by atoms with Crippen LogP contribution in [-0.2, 0) is 19.5 Å². The first-order valence-electron chi connectivity index (χ1n) is 10.5. The van der Waals surface area contributed by atoms with Gasteiger partial charge >= 0.3 is 0 Å². The summed E-state index contributed by atoms with van der Waals surface area (Å²) >= 11 is 3.38. The second kappa shape index (κ2) is 9.14. The molecule has 0 N–H and O–H groups in total. The van der Waals surface area contributed by atoms with Crippen LogP contribution in [0.3, 0.4) is 0 Å². The number of hydrogen-bond acceptors (Lipinski definition) is 6. The molecule has 160 valence electrons. The number of halogens is 1. The van der Waals surface area contributed by atoms with Crippen molar-refractivity contribution in [3.63, 3.8) is 0 Å². The van der Waals surface area contributed by atoms with E-state index in [0.717, 1.165) is 48.6 Å². The van der Waals surface area contributed by atoms with Gasteiger partial charge in [-0.25, -0.2) is 15.0 Å². The van der Waals surface area contributed by atoms with E-state index in [2.05, 4.69) is 66.1 Å². The van der Waals surface area contributed by atoms with Gasteiger partial charge in [-0.1, -0.05) is 36.4 Å². The summed E-state index contributed by atoms with van der Waals surface area (Å²) in [6.45, 7) is 2.79. The molecule has 2 aromatic heterocycles. The lowest BCUT2D eigenvalue weighted by Crippen LogP contribution is -2.30. The van der Waals surface area contributed by atoms with Crippen LogP contribution < -0.4 is 4.74 Å². The quantitative estimate of drug-likeness (QED) is 0.397. The zero-order chi connectivity index (χ0) is 21.9. The molecular weight excluding hydrogens is 466 g/mol. The van der Waals surface area contributed by atoms with Gasteiger partial charge in [0.05, 0.1) is 36.5 Å². The fourth-order valence-electron chi connectivity index (χ4n) is 4.00. The van der Waals surface area contributed by atoms with E-state index in [4.69, 9.17) is 9.72 Å². The Morgan fingerprint density at radius 1 is 1.03 bits per heavy atom. The number of hydrogen-bond donors (Lipinski definition) is 0. The monoisotopic (exact) mass is 487 g/mol. The van der Waals surface area contributed by atoms with Crippen LogP contribution in [0, 0.1) is 0 Å². The molecule has 7 heteroatoms. The number of rotatable bonds is 5. The minimum Gasteiger partial charge on any atom is -0.496 e. The molecule has 2 aromatic carbocycles. The van der Waals surface area contributed by atoms with E-state index in [-0.39, 0.29) is 0 Å². The molecule has 0 spiro atoms. The molecule has 32 heavy (non-hydrogen) atoms. The highest BCUT2D eigenvalue weighted by atomic mass is 79.9. The van der Waals surface area contributed by atoms with E-state index in [9.17, 15) is 0 Å². The van der Waals surface area contributed by atoms with E-state index in [1.54, 1.807) is 19.5 Å². The lowest BCUT2D eigenvalue weighted by Gasteiger charge is -2.28. The van der Waals surface area contributed by atoms with E-state index >= 15 is 0 Å². The van der Waals surface area contributed by atoms with Crippen molar-refractivity contribution in [1.29, 1.82) is 0 Å². The third-order valence-corrected chi connectivity index (χ3v) is 5.99. The van der Waals surface area contributed by atoms with Gasteiger partial charge in [0.25, 0.3) is 0 Å². The first-order chi connectivity index (χ1) is 15.7. The summed E-state index contributed by atoms with van der Waals surface area (Å²) in [5.41, 5.74) is 6.20. The van der Waals surface area contributed by atoms with Gasteiger partial charge in [0.15, 0.2) is 5.82 Å². The highest BCUT2D eigenvalue weighted by Crippen LogP contribution is 2.33. The van der Waals surface area contributed by atoms with Crippen molar-refractivity contribution in [3.05, 3.63) is 88.5 Å². The van der Waals surface area contributed by atoms with Crippen LogP contribution in [0.5, 0.6) is 5.75 Å². The predicted octanol–water partition coefficient (Wildman–Crippen LogP) is 4.93. The smallest absolute Gasteiger partial charge is 0.163 e. The Hall–Kier alpha value is -3.16. The van der Waals surface area contributed by atoms with Crippen LogP contribution in [0.4, 0.5) is 0 Å². The molecule has 3 heterocycles. The Morgan fingerprint density at radius 3 is 2.72 bits per heavy atom. The Morgan fingerprint density at radius 2 is 1.91 bits per heavy atom. The zero-order valence-electron chi connectivity index (χ0n) is 17.7. The second-order valence-corrected chi connectivity index (χ2v) is 8.57. The molecule has 0 saturated heterocycles. The van der Waals surface area contributed by atoms with Gasteiger partial charge < -0.3 is 4.74 Å². The van der Waals surface area contributed by atoms with Gasteiger partial charge in [-0.3, -0.25) is 9.88 Å². The van der Waals surface area contributed by atoms with Gasteiger partial charge in [0.1, 0.15) is 10.4 Å². The summed E-state index contributed by atoms with van der Waals surface area (Å²) in [5, 5.41) is 0. The van der Waals surface area contributed by atoms with Crippen molar-refractivity contribution >= 4 is 15.9 Å². The van der Waals surface area contributed by atoms with Gasteiger partial charge in [-0.2, -0.15) is 0 Å². The number of ether oxygens (including phenoxy) is 1. The molecule has 0 amide bonds. The standard InChI is InChI=1S/C25H22BrN5O/c1-32-23-11-18(22-13-27-14-24(26)29-22)7-8-20(23)25-28-12-19-16-31(10-9-21(19)30-25)15-17-5-3-2-4-6-17/h2-8,11-14H,9-10,15-16H2,1H3. The van der Waals surface area contributed by atoms with Gasteiger partial charge in [0, 0.05) is 43.4 Å². The molecular formula is C25H22BrN5O. The molecule has 0 saturated carbocycles. The molecule has 0 atom stereocenters. The Bertz CT molecular complexity index is 1250. The van der Waals surface area contributed by atoms with Crippen LogP contribution in [0.1, 0.15) is 16.8 Å². The maximum atomic E-state index is 5.67. The molecule has 5 rings (SSSR count). The van der Waals surface area contributed by atoms with Crippen LogP contribution in [0.25, 0.3) is 22.6 Å². The van der Waals surface area contributed by atoms with Crippen LogP contribution >= 0.6 is 15.9 Å². The summed E-state index contributed by atoms with van der Waals surface area (Å²) in [5.74, 6) is 1.40. The number of nitrogens with zero attached hydrogens (tertiary/aromatic N) is 5. The minimum atomic E-state index is 0.684. The minimum absolute atomic E-state index is 0.684. The molecule has 1 aliphatic rings. The maximum Gasteiger partial charge on any atom is 0.163 e. The first-order valence-corrected chi connectivity index (χ1v) is 11.3. The van der Waals surface area contributed by atoms with Crippen LogP contribution in [0.2, 0.25) is 0 Å². The molecule has 6 nitrogen and oxygen atoms in total. The van der Waals surface area contributed by atoms with E-state index in [1.807, 2.05) is 24.4 Å². The number of fused-ring (bicyclic) bond motifs is 1. The molecule has 0 bridgehead atoms. The van der Waals surface area contributed by atoms with Crippen molar-refractivity contribution in [2.75, 3.05) is 13.7 Å². The number of methoxy groups -OCH3 is 1. The fraction of sp³-hybridized carbons (Fsp3) is 0.200. The third kappa shape index (κ3) is 4.40. The molecule has 0 radical (unpaired) electrons. The highest BCUT2D eigenvalue weighted by Gasteiger charge is 2.20. The average Bonchev–Trinajstić information content (AvgIpc) is 2.84. The summed E-state index contributed by atoms with van der Waals surface area (Å²) in [4.78, 5) is 20.7. The average molecular weight is 488 g/mol. The van der Waals surface area contributed by atoms with E-state index < -0.39 is 0 Å². The Labute approximate surface area is 195 Å². The summed E-state index contributed by atoms with van der Waals surface area (Å²) in [6.07, 6.45) is 6.26. The summed E-state index contributed by atoms with van der Waals surface area (Å²) < 4.78 is 6.36. The topological polar surface area (TPSA) is 64.0 Å². The number of benzene rings is 2. The predicted molar refractivity (Wildman–Crippen MR) is 127 cm³/mol. The van der Waals surface area contributed by atoms with Crippen LogP contribution in [-0.4, -0.2) is 38.5 Å². The lowest BCUT2D eigenvalue weighted by atomic mass is 10.0. The van der Waals surface area contributed by atoms with Gasteiger partial charge in [-0.15, -0.1) is 0 Å². The van der Waals surface area contributed by atoms with Crippen molar-refractivity contribution in [2.24, 2.45) is 0 Å². The van der Waals surface area contributed by atoms with Crippen LogP contribution in [0.15, 0.2) is 71.7 Å². The van der Waals surface area contributed by atoms with Crippen molar-refractivity contribution < 1.29 is 4.74 Å².